The third kappa shape index (κ3) is 2.82. The summed E-state index contributed by atoms with van der Waals surface area (Å²) in [5, 5.41) is 0. The molecule has 0 bridgehead atoms. The van der Waals surface area contributed by atoms with E-state index in [0.717, 1.165) is 43.8 Å². The first-order valence-electron chi connectivity index (χ1n) is 8.30. The van der Waals surface area contributed by atoms with Crippen LogP contribution in [0.4, 0.5) is 0 Å². The van der Waals surface area contributed by atoms with Crippen LogP contribution >= 0.6 is 0 Å². The first kappa shape index (κ1) is 14.9. The van der Waals surface area contributed by atoms with Gasteiger partial charge in [-0.1, -0.05) is 32.0 Å². The zero-order valence-electron chi connectivity index (χ0n) is 13.3. The van der Waals surface area contributed by atoms with Crippen molar-refractivity contribution in [1.82, 2.24) is 4.90 Å². The van der Waals surface area contributed by atoms with Crippen molar-refractivity contribution in [3.05, 3.63) is 29.8 Å². The van der Waals surface area contributed by atoms with Gasteiger partial charge in [-0.2, -0.15) is 0 Å². The lowest BCUT2D eigenvalue weighted by Gasteiger charge is -2.49. The molecule has 1 aromatic carbocycles. The molecule has 1 fully saturated rings. The van der Waals surface area contributed by atoms with Crippen LogP contribution in [-0.4, -0.2) is 30.1 Å². The molecule has 0 aromatic heterocycles. The number of ether oxygens (including phenoxy) is 1. The number of hydrogen-bond donors (Lipinski definition) is 1. The predicted octanol–water partition coefficient (Wildman–Crippen LogP) is 3.03. The summed E-state index contributed by atoms with van der Waals surface area (Å²) >= 11 is 0. The molecule has 1 aliphatic carbocycles. The van der Waals surface area contributed by atoms with E-state index in [1.54, 1.807) is 0 Å². The zero-order chi connectivity index (χ0) is 14.9. The Morgan fingerprint density at radius 3 is 2.86 bits per heavy atom. The quantitative estimate of drug-likeness (QED) is 0.909. The Bertz CT molecular complexity index is 490. The molecule has 0 radical (unpaired) electrons. The van der Waals surface area contributed by atoms with Crippen molar-refractivity contribution in [3.8, 4) is 5.75 Å². The second kappa shape index (κ2) is 5.98. The molecule has 3 nitrogen and oxygen atoms in total. The minimum atomic E-state index is 0.159. The van der Waals surface area contributed by atoms with E-state index in [4.69, 9.17) is 10.5 Å². The van der Waals surface area contributed by atoms with Crippen LogP contribution < -0.4 is 10.5 Å². The van der Waals surface area contributed by atoms with Crippen LogP contribution in [-0.2, 0) is 6.54 Å². The fraction of sp³-hybridized carbons (Fsp3) is 0.667. The molecular weight excluding hydrogens is 260 g/mol. The van der Waals surface area contributed by atoms with Crippen LogP contribution in [0.1, 0.15) is 38.7 Å². The smallest absolute Gasteiger partial charge is 0.123 e. The first-order chi connectivity index (χ1) is 10.1. The highest BCUT2D eigenvalue weighted by atomic mass is 16.5. The maximum Gasteiger partial charge on any atom is 0.123 e. The van der Waals surface area contributed by atoms with Gasteiger partial charge in [-0.05, 0) is 37.2 Å². The Hall–Kier alpha value is -1.06. The number of hydrogen-bond acceptors (Lipinski definition) is 3. The van der Waals surface area contributed by atoms with Crippen molar-refractivity contribution < 1.29 is 4.74 Å². The van der Waals surface area contributed by atoms with Gasteiger partial charge in [-0.3, -0.25) is 4.90 Å². The molecule has 116 valence electrons. The van der Waals surface area contributed by atoms with E-state index in [2.05, 4.69) is 43.0 Å². The van der Waals surface area contributed by atoms with Crippen molar-refractivity contribution in [3.63, 3.8) is 0 Å². The van der Waals surface area contributed by atoms with E-state index < -0.39 is 0 Å². The highest BCUT2D eigenvalue weighted by molar-refractivity contribution is 5.34. The molecule has 1 aliphatic heterocycles. The molecule has 0 spiro atoms. The van der Waals surface area contributed by atoms with Crippen molar-refractivity contribution in [2.24, 2.45) is 17.6 Å². The fourth-order valence-electron chi connectivity index (χ4n) is 4.02. The second-order valence-corrected chi connectivity index (χ2v) is 7.00. The number of fused-ring (bicyclic) bond motifs is 1. The van der Waals surface area contributed by atoms with Gasteiger partial charge in [-0.15, -0.1) is 0 Å². The highest BCUT2D eigenvalue weighted by Crippen LogP contribution is 2.41. The van der Waals surface area contributed by atoms with E-state index in [-0.39, 0.29) is 5.54 Å². The van der Waals surface area contributed by atoms with Crippen LogP contribution in [0.5, 0.6) is 5.75 Å². The van der Waals surface area contributed by atoms with Gasteiger partial charge in [0, 0.05) is 30.7 Å². The molecule has 1 saturated carbocycles. The summed E-state index contributed by atoms with van der Waals surface area (Å²) in [6, 6.07) is 8.43. The molecule has 1 aromatic rings. The molecule has 21 heavy (non-hydrogen) atoms. The minimum absolute atomic E-state index is 0.159. The van der Waals surface area contributed by atoms with Crippen LogP contribution in [0, 0.1) is 11.8 Å². The van der Waals surface area contributed by atoms with Crippen LogP contribution in [0.25, 0.3) is 0 Å². The van der Waals surface area contributed by atoms with Crippen LogP contribution in [0.3, 0.4) is 0 Å². The summed E-state index contributed by atoms with van der Waals surface area (Å²) in [5.74, 6) is 2.62. The Kier molecular flexibility index (Phi) is 4.23. The molecule has 1 heterocycles. The number of nitrogens with two attached hydrogens (primary N) is 1. The van der Waals surface area contributed by atoms with Gasteiger partial charge in [0.2, 0.25) is 0 Å². The number of benzene rings is 1. The summed E-state index contributed by atoms with van der Waals surface area (Å²) in [4.78, 5) is 2.60. The number of nitrogens with zero attached hydrogens (tertiary/aromatic N) is 1. The SMILES string of the molecule is CC1CCC(CN)(N2CCOc3ccccc3C2)CC1C. The number of rotatable bonds is 2. The summed E-state index contributed by atoms with van der Waals surface area (Å²) in [6.45, 7) is 8.23. The van der Waals surface area contributed by atoms with E-state index in [0.29, 0.717) is 0 Å². The largest absolute Gasteiger partial charge is 0.492 e. The maximum absolute atomic E-state index is 6.27. The molecule has 0 amide bonds. The Morgan fingerprint density at radius 2 is 2.10 bits per heavy atom. The second-order valence-electron chi connectivity index (χ2n) is 7.00. The third-order valence-corrected chi connectivity index (χ3v) is 5.74. The Morgan fingerprint density at radius 1 is 1.29 bits per heavy atom. The van der Waals surface area contributed by atoms with E-state index >= 15 is 0 Å². The molecule has 2 aliphatic rings. The zero-order valence-corrected chi connectivity index (χ0v) is 13.3. The lowest BCUT2D eigenvalue weighted by molar-refractivity contribution is 0.0124. The van der Waals surface area contributed by atoms with Gasteiger partial charge in [0.1, 0.15) is 12.4 Å². The van der Waals surface area contributed by atoms with Gasteiger partial charge >= 0.3 is 0 Å². The molecule has 2 N–H and O–H groups in total. The predicted molar refractivity (Wildman–Crippen MR) is 86.3 cm³/mol. The minimum Gasteiger partial charge on any atom is -0.492 e. The van der Waals surface area contributed by atoms with Crippen molar-refractivity contribution in [1.29, 1.82) is 0 Å². The van der Waals surface area contributed by atoms with E-state index in [1.165, 1.54) is 24.8 Å². The van der Waals surface area contributed by atoms with Gasteiger partial charge in [-0.25, -0.2) is 0 Å². The molecule has 3 rings (SSSR count). The lowest BCUT2D eigenvalue weighted by atomic mass is 9.70. The van der Waals surface area contributed by atoms with Crippen molar-refractivity contribution >= 4 is 0 Å². The molecular formula is C18H28N2O. The normalized spacial score (nSPS) is 33.9. The summed E-state index contributed by atoms with van der Waals surface area (Å²) in [7, 11) is 0. The molecule has 3 heteroatoms. The molecule has 0 saturated heterocycles. The summed E-state index contributed by atoms with van der Waals surface area (Å²) in [6.07, 6.45) is 3.72. The van der Waals surface area contributed by atoms with E-state index in [1.807, 2.05) is 0 Å². The Balaban J connectivity index is 1.84. The summed E-state index contributed by atoms with van der Waals surface area (Å²) in [5.41, 5.74) is 7.72. The van der Waals surface area contributed by atoms with Crippen molar-refractivity contribution in [2.75, 3.05) is 19.7 Å². The topological polar surface area (TPSA) is 38.5 Å². The highest BCUT2D eigenvalue weighted by Gasteiger charge is 2.41. The first-order valence-corrected chi connectivity index (χ1v) is 8.30. The van der Waals surface area contributed by atoms with E-state index in [9.17, 15) is 0 Å². The molecule has 3 unspecified atom stereocenters. The summed E-state index contributed by atoms with van der Waals surface area (Å²) < 4.78 is 5.92. The lowest BCUT2D eigenvalue weighted by Crippen LogP contribution is -2.57. The average Bonchev–Trinajstić information content (AvgIpc) is 2.73. The van der Waals surface area contributed by atoms with Crippen LogP contribution in [0.15, 0.2) is 24.3 Å². The van der Waals surface area contributed by atoms with Crippen molar-refractivity contribution in [2.45, 2.75) is 45.2 Å². The third-order valence-electron chi connectivity index (χ3n) is 5.74. The fourth-order valence-corrected chi connectivity index (χ4v) is 4.02. The Labute approximate surface area is 128 Å². The average molecular weight is 288 g/mol. The monoisotopic (exact) mass is 288 g/mol. The van der Waals surface area contributed by atoms with Gasteiger partial charge in [0.05, 0.1) is 0 Å². The number of para-hydroxylation sites is 1. The van der Waals surface area contributed by atoms with Gasteiger partial charge in [0.25, 0.3) is 0 Å². The molecule has 3 atom stereocenters. The van der Waals surface area contributed by atoms with Crippen LogP contribution in [0.2, 0.25) is 0 Å². The van der Waals surface area contributed by atoms with Gasteiger partial charge in [0.15, 0.2) is 0 Å². The maximum atomic E-state index is 6.27. The van der Waals surface area contributed by atoms with Gasteiger partial charge < -0.3 is 10.5 Å². The standard InChI is InChI=1S/C18H28N2O/c1-14-7-8-18(13-19,11-15(14)2)20-9-10-21-17-6-4-3-5-16(17)12-20/h3-6,14-15H,7-13,19H2,1-2H3.